The summed E-state index contributed by atoms with van der Waals surface area (Å²) in [6.07, 6.45) is 0.889. The van der Waals surface area contributed by atoms with Gasteiger partial charge in [-0.2, -0.15) is 0 Å². The Balaban J connectivity index is 2.28. The van der Waals surface area contributed by atoms with Crippen molar-refractivity contribution in [1.82, 2.24) is 0 Å². The molecule has 0 radical (unpaired) electrons. The Morgan fingerprint density at radius 2 is 1.93 bits per heavy atom. The summed E-state index contributed by atoms with van der Waals surface area (Å²) < 4.78 is 0. The normalized spacial score (nSPS) is 12.3. The van der Waals surface area contributed by atoms with Gasteiger partial charge in [-0.3, -0.25) is 0 Å². The van der Waals surface area contributed by atoms with Crippen molar-refractivity contribution in [1.29, 1.82) is 0 Å². The number of rotatable bonds is 3. The van der Waals surface area contributed by atoms with E-state index in [2.05, 4.69) is 27.4 Å². The number of halogens is 1. The lowest BCUT2D eigenvalue weighted by Gasteiger charge is -2.03. The molecule has 2 rings (SSSR count). The lowest BCUT2D eigenvalue weighted by molar-refractivity contribution is -0.107. The molecule has 0 N–H and O–H groups in total. The Morgan fingerprint density at radius 1 is 1.20 bits per heavy atom. The van der Waals surface area contributed by atoms with Crippen LogP contribution >= 0.6 is 27.3 Å². The second kappa shape index (κ2) is 4.73. The van der Waals surface area contributed by atoms with Crippen LogP contribution < -0.4 is 0 Å². The number of hydrogen-bond acceptors (Lipinski definition) is 2. The highest BCUT2D eigenvalue weighted by Gasteiger charge is 2.05. The minimum Gasteiger partial charge on any atom is -0.302 e. The maximum Gasteiger partial charge on any atom is 0.138 e. The Kier molecular flexibility index (Phi) is 3.34. The average Bonchev–Trinajstić information content (AvgIpc) is 2.82. The molecule has 0 spiro atoms. The van der Waals surface area contributed by atoms with Crippen molar-refractivity contribution >= 4 is 33.6 Å². The molecule has 0 fully saturated rings. The molecular formula is C12H9BrOS. The van der Waals surface area contributed by atoms with Crippen molar-refractivity contribution in [2.24, 2.45) is 0 Å². The Morgan fingerprint density at radius 3 is 2.47 bits per heavy atom. The molecule has 0 saturated carbocycles. The van der Waals surface area contributed by atoms with E-state index >= 15 is 0 Å². The molecule has 1 atom stereocenters. The number of thiophene rings is 1. The summed E-state index contributed by atoms with van der Waals surface area (Å²) in [5.74, 6) is 0. The van der Waals surface area contributed by atoms with Crippen molar-refractivity contribution in [3.8, 4) is 10.4 Å². The van der Waals surface area contributed by atoms with Crippen LogP contribution in [-0.2, 0) is 4.79 Å². The van der Waals surface area contributed by atoms with Crippen LogP contribution in [0.25, 0.3) is 10.4 Å². The monoisotopic (exact) mass is 280 g/mol. The quantitative estimate of drug-likeness (QED) is 0.612. The molecule has 0 aliphatic carbocycles. The first-order chi connectivity index (χ1) is 7.31. The summed E-state index contributed by atoms with van der Waals surface area (Å²) in [7, 11) is 0. The van der Waals surface area contributed by atoms with Gasteiger partial charge in [0.25, 0.3) is 0 Å². The molecule has 76 valence electrons. The summed E-state index contributed by atoms with van der Waals surface area (Å²) in [5, 5.41) is 2.06. The second-order valence-electron chi connectivity index (χ2n) is 3.14. The van der Waals surface area contributed by atoms with E-state index in [9.17, 15) is 4.79 Å². The van der Waals surface area contributed by atoms with E-state index in [0.29, 0.717) is 0 Å². The highest BCUT2D eigenvalue weighted by molar-refractivity contribution is 9.09. The van der Waals surface area contributed by atoms with Crippen molar-refractivity contribution in [2.45, 2.75) is 4.83 Å². The van der Waals surface area contributed by atoms with Gasteiger partial charge in [-0.25, -0.2) is 0 Å². The molecule has 1 unspecified atom stereocenters. The first kappa shape index (κ1) is 10.6. The SMILES string of the molecule is O=CC(Br)c1ccc(-c2cccs2)cc1. The topological polar surface area (TPSA) is 17.1 Å². The molecule has 1 aromatic heterocycles. The molecule has 0 amide bonds. The van der Waals surface area contributed by atoms with E-state index in [4.69, 9.17) is 0 Å². The predicted octanol–water partition coefficient (Wildman–Crippen LogP) is 4.05. The summed E-state index contributed by atoms with van der Waals surface area (Å²) >= 11 is 5.01. The Labute approximate surface area is 101 Å². The van der Waals surface area contributed by atoms with E-state index in [1.54, 1.807) is 11.3 Å². The molecular weight excluding hydrogens is 272 g/mol. The summed E-state index contributed by atoms with van der Waals surface area (Å²) in [4.78, 5) is 11.6. The maximum atomic E-state index is 10.6. The van der Waals surface area contributed by atoms with Crippen molar-refractivity contribution in [3.63, 3.8) is 0 Å². The van der Waals surface area contributed by atoms with E-state index < -0.39 is 0 Å². The number of alkyl halides is 1. The zero-order chi connectivity index (χ0) is 10.7. The van der Waals surface area contributed by atoms with Crippen molar-refractivity contribution in [2.75, 3.05) is 0 Å². The molecule has 0 saturated heterocycles. The molecule has 1 heterocycles. The lowest BCUT2D eigenvalue weighted by atomic mass is 10.1. The predicted molar refractivity (Wildman–Crippen MR) is 67.5 cm³/mol. The minimum atomic E-state index is -0.199. The molecule has 2 aromatic rings. The fourth-order valence-electron chi connectivity index (χ4n) is 1.35. The van der Waals surface area contributed by atoms with Crippen LogP contribution in [0.3, 0.4) is 0 Å². The third kappa shape index (κ3) is 2.36. The molecule has 3 heteroatoms. The first-order valence-electron chi connectivity index (χ1n) is 4.54. The number of carbonyl (C=O) groups is 1. The van der Waals surface area contributed by atoms with Crippen LogP contribution in [0.1, 0.15) is 10.4 Å². The van der Waals surface area contributed by atoms with Gasteiger partial charge >= 0.3 is 0 Å². The van der Waals surface area contributed by atoms with E-state index in [1.165, 1.54) is 10.4 Å². The van der Waals surface area contributed by atoms with Gasteiger partial charge in [0.05, 0.1) is 4.83 Å². The van der Waals surface area contributed by atoms with Gasteiger partial charge in [0.1, 0.15) is 6.29 Å². The molecule has 1 nitrogen and oxygen atoms in total. The van der Waals surface area contributed by atoms with Gasteiger partial charge in [-0.05, 0) is 22.6 Å². The van der Waals surface area contributed by atoms with Crippen LogP contribution in [-0.4, -0.2) is 6.29 Å². The Bertz CT molecular complexity index is 433. The van der Waals surface area contributed by atoms with Crippen LogP contribution in [0.2, 0.25) is 0 Å². The van der Waals surface area contributed by atoms with Gasteiger partial charge in [0, 0.05) is 4.88 Å². The van der Waals surface area contributed by atoms with Gasteiger partial charge in [-0.1, -0.05) is 46.3 Å². The molecule has 0 bridgehead atoms. The fraction of sp³-hybridized carbons (Fsp3) is 0.0833. The van der Waals surface area contributed by atoms with Crippen LogP contribution in [0.5, 0.6) is 0 Å². The zero-order valence-electron chi connectivity index (χ0n) is 7.89. The number of aldehydes is 1. The lowest BCUT2D eigenvalue weighted by Crippen LogP contribution is -1.89. The maximum absolute atomic E-state index is 10.6. The van der Waals surface area contributed by atoms with E-state index in [-0.39, 0.29) is 4.83 Å². The van der Waals surface area contributed by atoms with Gasteiger partial charge in [0.15, 0.2) is 0 Å². The van der Waals surface area contributed by atoms with Crippen molar-refractivity contribution in [3.05, 3.63) is 47.3 Å². The average molecular weight is 281 g/mol. The fourth-order valence-corrected chi connectivity index (χ4v) is 2.39. The third-order valence-electron chi connectivity index (χ3n) is 2.15. The molecule has 0 aliphatic heterocycles. The molecule has 1 aromatic carbocycles. The Hall–Kier alpha value is -0.930. The molecule has 15 heavy (non-hydrogen) atoms. The van der Waals surface area contributed by atoms with E-state index in [0.717, 1.165) is 11.8 Å². The second-order valence-corrected chi connectivity index (χ2v) is 5.07. The van der Waals surface area contributed by atoms with Crippen LogP contribution in [0.4, 0.5) is 0 Å². The summed E-state index contributed by atoms with van der Waals surface area (Å²) in [6, 6.07) is 12.2. The third-order valence-corrected chi connectivity index (χ3v) is 3.82. The van der Waals surface area contributed by atoms with Gasteiger partial charge in [-0.15, -0.1) is 11.3 Å². The number of carbonyl (C=O) groups excluding carboxylic acids is 1. The number of hydrogen-bond donors (Lipinski definition) is 0. The standard InChI is InChI=1S/C12H9BrOS/c13-11(8-14)9-3-5-10(6-4-9)12-2-1-7-15-12/h1-8,11H. The van der Waals surface area contributed by atoms with Gasteiger partial charge < -0.3 is 4.79 Å². The van der Waals surface area contributed by atoms with Crippen LogP contribution in [0.15, 0.2) is 41.8 Å². The highest BCUT2D eigenvalue weighted by atomic mass is 79.9. The summed E-state index contributed by atoms with van der Waals surface area (Å²) in [5.41, 5.74) is 2.18. The zero-order valence-corrected chi connectivity index (χ0v) is 10.3. The van der Waals surface area contributed by atoms with E-state index in [1.807, 2.05) is 30.3 Å². The van der Waals surface area contributed by atoms with Crippen LogP contribution in [0, 0.1) is 0 Å². The minimum absolute atomic E-state index is 0.199. The number of benzene rings is 1. The van der Waals surface area contributed by atoms with Crippen molar-refractivity contribution < 1.29 is 4.79 Å². The largest absolute Gasteiger partial charge is 0.302 e. The first-order valence-corrected chi connectivity index (χ1v) is 6.34. The highest BCUT2D eigenvalue weighted by Crippen LogP contribution is 2.27. The summed E-state index contributed by atoms with van der Waals surface area (Å²) in [6.45, 7) is 0. The molecule has 0 aliphatic rings. The smallest absolute Gasteiger partial charge is 0.138 e. The van der Waals surface area contributed by atoms with Gasteiger partial charge in [0.2, 0.25) is 0 Å².